The predicted octanol–water partition coefficient (Wildman–Crippen LogP) is 4.11. The maximum Gasteiger partial charge on any atom is 0.247 e. The van der Waals surface area contributed by atoms with Gasteiger partial charge in [-0.15, -0.1) is 11.8 Å². The van der Waals surface area contributed by atoms with Gasteiger partial charge < -0.3 is 19.8 Å². The molecule has 3 amide bonds. The highest BCUT2D eigenvalue weighted by molar-refractivity contribution is 8.02. The van der Waals surface area contributed by atoms with Crippen molar-refractivity contribution >= 4 is 29.5 Å². The maximum absolute atomic E-state index is 14.8. The van der Waals surface area contributed by atoms with E-state index < -0.39 is 34.2 Å². The van der Waals surface area contributed by atoms with Gasteiger partial charge in [0.1, 0.15) is 6.04 Å². The SMILES string of the molecule is CCCN1CC=C[C@@H]2S[C@]34C=CCN(C(C)(C)CC(C)(C)C)C(=O)C3N([C@@H](CO)[C@@H](C)CC)C(=O)[C@@H]4[C@@H]2C1=O. The van der Waals surface area contributed by atoms with Crippen LogP contribution in [-0.4, -0.2) is 91.4 Å². The van der Waals surface area contributed by atoms with Gasteiger partial charge in [0.2, 0.25) is 17.7 Å². The number of thioether (sulfide) groups is 1. The largest absolute Gasteiger partial charge is 0.394 e. The van der Waals surface area contributed by atoms with Crippen LogP contribution in [0.5, 0.6) is 0 Å². The number of nitrogens with zero attached hydrogens (tertiary/aromatic N) is 3. The minimum absolute atomic E-state index is 0.00478. The molecule has 2 fully saturated rings. The number of aliphatic hydroxyl groups is 1. The number of amides is 3. The van der Waals surface area contributed by atoms with Gasteiger partial charge in [-0.05, 0) is 38.0 Å². The van der Waals surface area contributed by atoms with Crippen molar-refractivity contribution in [1.82, 2.24) is 14.7 Å². The molecule has 0 radical (unpaired) electrons. The molecular formula is C31H49N3O4S. The lowest BCUT2D eigenvalue weighted by Crippen LogP contribution is -2.61. The zero-order valence-corrected chi connectivity index (χ0v) is 26.0. The zero-order chi connectivity index (χ0) is 28.9. The highest BCUT2D eigenvalue weighted by Gasteiger charge is 2.72. The lowest BCUT2D eigenvalue weighted by atomic mass is 9.77. The Hall–Kier alpha value is -1.80. The number of carbonyl (C=O) groups excluding carboxylic acids is 3. The predicted molar refractivity (Wildman–Crippen MR) is 157 cm³/mol. The molecule has 4 rings (SSSR count). The first-order chi connectivity index (χ1) is 18.2. The van der Waals surface area contributed by atoms with Crippen molar-refractivity contribution in [1.29, 1.82) is 0 Å². The van der Waals surface area contributed by atoms with Crippen LogP contribution in [0.2, 0.25) is 0 Å². The smallest absolute Gasteiger partial charge is 0.247 e. The van der Waals surface area contributed by atoms with Crippen LogP contribution in [0.4, 0.5) is 0 Å². The third kappa shape index (κ3) is 5.09. The Morgan fingerprint density at radius 2 is 1.74 bits per heavy atom. The number of rotatable bonds is 8. The second-order valence-electron chi connectivity index (χ2n) is 13.8. The van der Waals surface area contributed by atoms with Gasteiger partial charge in [-0.3, -0.25) is 14.4 Å². The van der Waals surface area contributed by atoms with E-state index >= 15 is 0 Å². The highest BCUT2D eigenvalue weighted by Crippen LogP contribution is 2.62. The zero-order valence-electron chi connectivity index (χ0n) is 25.1. The van der Waals surface area contributed by atoms with Gasteiger partial charge in [-0.2, -0.15) is 0 Å². The van der Waals surface area contributed by atoms with Crippen LogP contribution in [0.1, 0.15) is 74.7 Å². The van der Waals surface area contributed by atoms with Crippen LogP contribution in [-0.2, 0) is 14.4 Å². The minimum atomic E-state index is -0.855. The fourth-order valence-electron chi connectivity index (χ4n) is 7.71. The molecule has 0 bridgehead atoms. The molecule has 1 N–H and O–H groups in total. The van der Waals surface area contributed by atoms with Crippen molar-refractivity contribution in [3.8, 4) is 0 Å². The molecule has 7 nitrogen and oxygen atoms in total. The molecule has 0 aromatic rings. The van der Waals surface area contributed by atoms with Gasteiger partial charge in [0.05, 0.1) is 29.2 Å². The Balaban J connectivity index is 1.86. The first kappa shape index (κ1) is 30.2. The lowest BCUT2D eigenvalue weighted by molar-refractivity contribution is -0.150. The molecule has 2 saturated heterocycles. The third-order valence-corrected chi connectivity index (χ3v) is 11.0. The summed E-state index contributed by atoms with van der Waals surface area (Å²) in [5.74, 6) is -1.38. The Labute approximate surface area is 239 Å². The number of likely N-dealkylation sites (tertiary alicyclic amines) is 1. The van der Waals surface area contributed by atoms with Crippen molar-refractivity contribution < 1.29 is 19.5 Å². The van der Waals surface area contributed by atoms with E-state index in [1.165, 1.54) is 0 Å². The number of fused-ring (bicyclic) bond motifs is 2. The average Bonchev–Trinajstić information content (AvgIpc) is 3.15. The maximum atomic E-state index is 14.8. The van der Waals surface area contributed by atoms with E-state index in [1.807, 2.05) is 23.6 Å². The second kappa shape index (κ2) is 10.9. The Kier molecular flexibility index (Phi) is 8.42. The fourth-order valence-corrected chi connectivity index (χ4v) is 9.70. The summed E-state index contributed by atoms with van der Waals surface area (Å²) in [5.41, 5.74) is -0.435. The summed E-state index contributed by atoms with van der Waals surface area (Å²) in [4.78, 5) is 48.9. The van der Waals surface area contributed by atoms with Crippen LogP contribution in [0.15, 0.2) is 24.3 Å². The molecule has 218 valence electrons. The quantitative estimate of drug-likeness (QED) is 0.453. The topological polar surface area (TPSA) is 81.2 Å². The van der Waals surface area contributed by atoms with E-state index in [4.69, 9.17) is 0 Å². The van der Waals surface area contributed by atoms with E-state index in [0.29, 0.717) is 19.6 Å². The van der Waals surface area contributed by atoms with Crippen molar-refractivity contribution in [2.75, 3.05) is 26.2 Å². The molecule has 0 aliphatic carbocycles. The Morgan fingerprint density at radius 3 is 2.33 bits per heavy atom. The molecule has 4 heterocycles. The van der Waals surface area contributed by atoms with E-state index in [0.717, 1.165) is 19.3 Å². The van der Waals surface area contributed by atoms with E-state index in [1.54, 1.807) is 16.7 Å². The summed E-state index contributed by atoms with van der Waals surface area (Å²) in [6.07, 6.45) is 10.7. The average molecular weight is 560 g/mol. The summed E-state index contributed by atoms with van der Waals surface area (Å²) < 4.78 is -0.855. The van der Waals surface area contributed by atoms with Gasteiger partial charge in [0.25, 0.3) is 0 Å². The first-order valence-corrected chi connectivity index (χ1v) is 15.7. The fraction of sp³-hybridized carbons (Fsp3) is 0.774. The Morgan fingerprint density at radius 1 is 1.05 bits per heavy atom. The monoisotopic (exact) mass is 559 g/mol. The Bertz CT molecular complexity index is 1030. The van der Waals surface area contributed by atoms with Crippen molar-refractivity contribution in [3.63, 3.8) is 0 Å². The van der Waals surface area contributed by atoms with Crippen LogP contribution >= 0.6 is 11.8 Å². The summed E-state index contributed by atoms with van der Waals surface area (Å²) in [6, 6.07) is -1.25. The van der Waals surface area contributed by atoms with E-state index in [2.05, 4.69) is 65.8 Å². The molecule has 7 atom stereocenters. The highest BCUT2D eigenvalue weighted by atomic mass is 32.2. The summed E-state index contributed by atoms with van der Waals surface area (Å²) >= 11 is 1.62. The van der Waals surface area contributed by atoms with Crippen molar-refractivity contribution in [2.24, 2.45) is 23.2 Å². The van der Waals surface area contributed by atoms with Gasteiger partial charge in [-0.1, -0.05) is 72.3 Å². The molecule has 1 spiro atoms. The van der Waals surface area contributed by atoms with E-state index in [-0.39, 0.29) is 40.9 Å². The molecule has 4 aliphatic heterocycles. The van der Waals surface area contributed by atoms with Crippen molar-refractivity contribution in [3.05, 3.63) is 24.3 Å². The van der Waals surface area contributed by atoms with Gasteiger partial charge in [0.15, 0.2) is 0 Å². The molecule has 1 unspecified atom stereocenters. The minimum Gasteiger partial charge on any atom is -0.394 e. The second-order valence-corrected chi connectivity index (χ2v) is 15.3. The van der Waals surface area contributed by atoms with Gasteiger partial charge in [-0.25, -0.2) is 0 Å². The van der Waals surface area contributed by atoms with Gasteiger partial charge >= 0.3 is 0 Å². The first-order valence-electron chi connectivity index (χ1n) is 14.8. The van der Waals surface area contributed by atoms with Crippen LogP contribution in [0.3, 0.4) is 0 Å². The molecule has 39 heavy (non-hydrogen) atoms. The summed E-state index contributed by atoms with van der Waals surface area (Å²) in [7, 11) is 0. The standard InChI is InChI=1S/C31H49N3O4S/c1-9-15-32-16-11-13-22-23(26(32)36)24-27(37)34(21(18-35)20(3)10-2)25-28(38)33(17-12-14-31(24,25)39-22)30(7,8)19-29(4,5)6/h11-14,20-25,35H,9-10,15-19H2,1-8H3/t20-,21-,22-,23+,24-,25?,31-/m0/s1. The molecule has 4 aliphatic rings. The normalized spacial score (nSPS) is 32.6. The number of aliphatic hydroxyl groups excluding tert-OH is 1. The lowest BCUT2D eigenvalue weighted by Gasteiger charge is -2.46. The van der Waals surface area contributed by atoms with Crippen LogP contribution in [0.25, 0.3) is 0 Å². The number of hydrogen-bond donors (Lipinski definition) is 1. The molecule has 0 aromatic carbocycles. The van der Waals surface area contributed by atoms with Crippen LogP contribution < -0.4 is 0 Å². The number of carbonyl (C=O) groups is 3. The van der Waals surface area contributed by atoms with Crippen molar-refractivity contribution in [2.45, 2.75) is 102 Å². The summed E-state index contributed by atoms with van der Waals surface area (Å²) in [5, 5.41) is 10.4. The molecule has 8 heteroatoms. The third-order valence-electron chi connectivity index (χ3n) is 9.21. The number of hydrogen-bond acceptors (Lipinski definition) is 5. The van der Waals surface area contributed by atoms with Crippen LogP contribution in [0, 0.1) is 23.2 Å². The molecule has 0 aromatic heterocycles. The molecular weight excluding hydrogens is 510 g/mol. The molecule has 0 saturated carbocycles. The summed E-state index contributed by atoms with van der Waals surface area (Å²) in [6.45, 7) is 18.4. The van der Waals surface area contributed by atoms with E-state index in [9.17, 15) is 19.5 Å². The van der Waals surface area contributed by atoms with Gasteiger partial charge in [0, 0.05) is 30.4 Å².